The van der Waals surface area contributed by atoms with Crippen LogP contribution in [-0.2, 0) is 14.3 Å². The number of aromatic nitrogens is 1. The maximum absolute atomic E-state index is 11.8. The number of nitrogens with zero attached hydrogens (tertiary/aromatic N) is 1. The Balaban J connectivity index is 1.82. The molecule has 0 bridgehead atoms. The van der Waals surface area contributed by atoms with E-state index in [9.17, 15) is 9.59 Å². The van der Waals surface area contributed by atoms with Crippen molar-refractivity contribution < 1.29 is 23.8 Å². The third-order valence-electron chi connectivity index (χ3n) is 3.15. The van der Waals surface area contributed by atoms with Crippen LogP contribution in [0.3, 0.4) is 0 Å². The first kappa shape index (κ1) is 16.2. The normalized spacial score (nSPS) is 15.1. The lowest BCUT2D eigenvalue weighted by molar-refractivity contribution is -0.141. The highest BCUT2D eigenvalue weighted by molar-refractivity contribution is 5.95. The van der Waals surface area contributed by atoms with Gasteiger partial charge in [0, 0.05) is 25.1 Å². The number of nitrogens with one attached hydrogen (secondary N) is 1. The van der Waals surface area contributed by atoms with Gasteiger partial charge in [0.05, 0.1) is 25.4 Å². The number of hydrogen-bond acceptors (Lipinski definition) is 6. The molecule has 1 aliphatic rings. The number of carbonyl (C=O) groups excluding carboxylic acids is 2. The SMILES string of the molecule is CCOC(=O)CNC(=O)c1ccc(OC2CCOCC2)nc1. The Kier molecular flexibility index (Phi) is 6.14. The van der Waals surface area contributed by atoms with Gasteiger partial charge in [0.2, 0.25) is 5.88 Å². The predicted molar refractivity (Wildman–Crippen MR) is 77.7 cm³/mol. The summed E-state index contributed by atoms with van der Waals surface area (Å²) in [5, 5.41) is 2.47. The van der Waals surface area contributed by atoms with E-state index in [2.05, 4.69) is 10.3 Å². The van der Waals surface area contributed by atoms with Crippen LogP contribution >= 0.6 is 0 Å². The lowest BCUT2D eigenvalue weighted by Gasteiger charge is -2.22. The maximum Gasteiger partial charge on any atom is 0.325 e. The zero-order chi connectivity index (χ0) is 15.8. The second kappa shape index (κ2) is 8.33. The van der Waals surface area contributed by atoms with Crippen molar-refractivity contribution in [2.24, 2.45) is 0 Å². The maximum atomic E-state index is 11.8. The van der Waals surface area contributed by atoms with Crippen molar-refractivity contribution in [3.05, 3.63) is 23.9 Å². The van der Waals surface area contributed by atoms with Gasteiger partial charge in [-0.05, 0) is 13.0 Å². The number of hydrogen-bond donors (Lipinski definition) is 1. The zero-order valence-electron chi connectivity index (χ0n) is 12.5. The average molecular weight is 308 g/mol. The molecule has 0 atom stereocenters. The number of ether oxygens (including phenoxy) is 3. The Hall–Kier alpha value is -2.15. The molecule has 1 N–H and O–H groups in total. The van der Waals surface area contributed by atoms with Crippen LogP contribution in [0.2, 0.25) is 0 Å². The van der Waals surface area contributed by atoms with Gasteiger partial charge < -0.3 is 19.5 Å². The summed E-state index contributed by atoms with van der Waals surface area (Å²) in [5.74, 6) is -0.365. The van der Waals surface area contributed by atoms with Crippen LogP contribution in [0, 0.1) is 0 Å². The van der Waals surface area contributed by atoms with Crippen LogP contribution in [0.4, 0.5) is 0 Å². The van der Waals surface area contributed by atoms with Crippen LogP contribution < -0.4 is 10.1 Å². The van der Waals surface area contributed by atoms with Crippen molar-refractivity contribution in [1.82, 2.24) is 10.3 Å². The Labute approximate surface area is 129 Å². The number of carbonyl (C=O) groups is 2. The van der Waals surface area contributed by atoms with Crippen molar-refractivity contribution >= 4 is 11.9 Å². The number of rotatable bonds is 6. The summed E-state index contributed by atoms with van der Waals surface area (Å²) in [5.41, 5.74) is 0.364. The predicted octanol–water partition coefficient (Wildman–Crippen LogP) is 0.932. The minimum absolute atomic E-state index is 0.102. The molecule has 1 saturated heterocycles. The quantitative estimate of drug-likeness (QED) is 0.787. The first-order valence-corrected chi connectivity index (χ1v) is 7.33. The molecule has 0 saturated carbocycles. The van der Waals surface area contributed by atoms with E-state index in [4.69, 9.17) is 14.2 Å². The van der Waals surface area contributed by atoms with Crippen LogP contribution in [0.25, 0.3) is 0 Å². The van der Waals surface area contributed by atoms with Crippen LogP contribution in [0.15, 0.2) is 18.3 Å². The standard InChI is InChI=1S/C15H20N2O5/c1-2-21-14(18)10-17-15(19)11-3-4-13(16-9-11)22-12-5-7-20-8-6-12/h3-4,9,12H,2,5-8,10H2,1H3,(H,17,19). The van der Waals surface area contributed by atoms with Gasteiger partial charge in [-0.2, -0.15) is 0 Å². The fourth-order valence-corrected chi connectivity index (χ4v) is 2.02. The molecule has 0 radical (unpaired) electrons. The summed E-state index contributed by atoms with van der Waals surface area (Å²) in [6.45, 7) is 3.22. The molecular weight excluding hydrogens is 288 g/mol. The van der Waals surface area contributed by atoms with Crippen LogP contribution in [0.1, 0.15) is 30.1 Å². The summed E-state index contributed by atoms with van der Waals surface area (Å²) in [6, 6.07) is 3.26. The van der Waals surface area contributed by atoms with Crippen molar-refractivity contribution in [3.8, 4) is 5.88 Å². The number of amides is 1. The summed E-state index contributed by atoms with van der Waals surface area (Å²) in [4.78, 5) is 27.1. The van der Waals surface area contributed by atoms with E-state index < -0.39 is 5.97 Å². The van der Waals surface area contributed by atoms with Crippen molar-refractivity contribution in [1.29, 1.82) is 0 Å². The van der Waals surface area contributed by atoms with Gasteiger partial charge in [0.25, 0.3) is 5.91 Å². The smallest absolute Gasteiger partial charge is 0.325 e. The second-order valence-electron chi connectivity index (χ2n) is 4.80. The third kappa shape index (κ3) is 5.00. The van der Waals surface area contributed by atoms with E-state index in [0.717, 1.165) is 12.8 Å². The molecule has 120 valence electrons. The molecule has 0 aromatic carbocycles. The molecule has 7 heteroatoms. The van der Waals surface area contributed by atoms with Crippen molar-refractivity contribution in [3.63, 3.8) is 0 Å². The summed E-state index contributed by atoms with van der Waals surface area (Å²) in [7, 11) is 0. The summed E-state index contributed by atoms with van der Waals surface area (Å²) >= 11 is 0. The molecule has 1 amide bonds. The summed E-state index contributed by atoms with van der Waals surface area (Å²) in [6.07, 6.45) is 3.20. The Morgan fingerprint density at radius 1 is 1.36 bits per heavy atom. The molecule has 0 spiro atoms. The minimum atomic E-state index is -0.469. The van der Waals surface area contributed by atoms with Gasteiger partial charge in [-0.3, -0.25) is 9.59 Å². The Morgan fingerprint density at radius 2 is 2.14 bits per heavy atom. The molecule has 7 nitrogen and oxygen atoms in total. The highest BCUT2D eigenvalue weighted by Crippen LogP contribution is 2.15. The van der Waals surface area contributed by atoms with E-state index in [1.807, 2.05) is 0 Å². The number of pyridine rings is 1. The molecule has 1 aromatic rings. The Bertz CT molecular complexity index is 497. The lowest BCUT2D eigenvalue weighted by Crippen LogP contribution is -2.30. The largest absolute Gasteiger partial charge is 0.474 e. The first-order valence-electron chi connectivity index (χ1n) is 7.33. The first-order chi connectivity index (χ1) is 10.7. The van der Waals surface area contributed by atoms with E-state index in [0.29, 0.717) is 24.7 Å². The third-order valence-corrected chi connectivity index (χ3v) is 3.15. The summed E-state index contributed by atoms with van der Waals surface area (Å²) < 4.78 is 15.7. The van der Waals surface area contributed by atoms with Crippen LogP contribution in [0.5, 0.6) is 5.88 Å². The van der Waals surface area contributed by atoms with Gasteiger partial charge in [0.1, 0.15) is 12.6 Å². The van der Waals surface area contributed by atoms with Gasteiger partial charge in [-0.1, -0.05) is 0 Å². The monoisotopic (exact) mass is 308 g/mol. The number of esters is 1. The minimum Gasteiger partial charge on any atom is -0.474 e. The van der Waals surface area contributed by atoms with Gasteiger partial charge in [-0.25, -0.2) is 4.98 Å². The fraction of sp³-hybridized carbons (Fsp3) is 0.533. The van der Waals surface area contributed by atoms with Crippen molar-refractivity contribution in [2.75, 3.05) is 26.4 Å². The fourth-order valence-electron chi connectivity index (χ4n) is 2.02. The van der Waals surface area contributed by atoms with E-state index in [1.165, 1.54) is 6.20 Å². The molecule has 1 aromatic heterocycles. The van der Waals surface area contributed by atoms with Crippen molar-refractivity contribution in [2.45, 2.75) is 25.9 Å². The van der Waals surface area contributed by atoms with E-state index in [-0.39, 0.29) is 25.2 Å². The van der Waals surface area contributed by atoms with E-state index in [1.54, 1.807) is 19.1 Å². The Morgan fingerprint density at radius 3 is 2.77 bits per heavy atom. The molecule has 1 fully saturated rings. The van der Waals surface area contributed by atoms with Gasteiger partial charge in [0.15, 0.2) is 0 Å². The molecular formula is C15H20N2O5. The molecule has 2 rings (SSSR count). The topological polar surface area (TPSA) is 86.8 Å². The highest BCUT2D eigenvalue weighted by Gasteiger charge is 2.16. The molecule has 22 heavy (non-hydrogen) atoms. The second-order valence-corrected chi connectivity index (χ2v) is 4.80. The molecule has 2 heterocycles. The molecule has 0 aliphatic carbocycles. The average Bonchev–Trinajstić information content (AvgIpc) is 2.54. The molecule has 0 unspecified atom stereocenters. The molecule has 1 aliphatic heterocycles. The van der Waals surface area contributed by atoms with E-state index >= 15 is 0 Å². The van der Waals surface area contributed by atoms with Gasteiger partial charge >= 0.3 is 5.97 Å². The lowest BCUT2D eigenvalue weighted by atomic mass is 10.1. The van der Waals surface area contributed by atoms with Gasteiger partial charge in [-0.15, -0.1) is 0 Å². The van der Waals surface area contributed by atoms with Crippen LogP contribution in [-0.4, -0.2) is 49.3 Å². The zero-order valence-corrected chi connectivity index (χ0v) is 12.5. The highest BCUT2D eigenvalue weighted by atomic mass is 16.5.